The second-order valence-corrected chi connectivity index (χ2v) is 4.07. The van der Waals surface area contributed by atoms with Crippen LogP contribution in [0.4, 0.5) is 4.39 Å². The Bertz CT molecular complexity index is 519. The van der Waals surface area contributed by atoms with Crippen molar-refractivity contribution in [1.82, 2.24) is 9.78 Å². The van der Waals surface area contributed by atoms with Gasteiger partial charge >= 0.3 is 0 Å². The third-order valence-corrected chi connectivity index (χ3v) is 2.86. The van der Waals surface area contributed by atoms with E-state index in [4.69, 9.17) is 5.73 Å². The van der Waals surface area contributed by atoms with Crippen LogP contribution in [0.5, 0.6) is 0 Å². The van der Waals surface area contributed by atoms with Crippen LogP contribution in [0.15, 0.2) is 30.5 Å². The fourth-order valence-corrected chi connectivity index (χ4v) is 1.92. The van der Waals surface area contributed by atoms with Crippen LogP contribution in [0.2, 0.25) is 0 Å². The Kier molecular flexibility index (Phi) is 3.24. The minimum atomic E-state index is -0.474. The fraction of sp³-hybridized carbons (Fsp3) is 0.308. The number of halogens is 1. The molecule has 0 aliphatic rings. The molecule has 0 bridgehead atoms. The van der Waals surface area contributed by atoms with E-state index in [1.54, 1.807) is 16.9 Å². The summed E-state index contributed by atoms with van der Waals surface area (Å²) in [6, 6.07) is 6.46. The molecular formula is C13H16FN3. The number of hydrogen-bond donors (Lipinski definition) is 1. The first-order chi connectivity index (χ1) is 8.13. The molecule has 1 heterocycles. The quantitative estimate of drug-likeness (QED) is 0.884. The predicted octanol–water partition coefficient (Wildman–Crippen LogP) is 2.40. The van der Waals surface area contributed by atoms with E-state index < -0.39 is 6.04 Å². The van der Waals surface area contributed by atoms with Crippen molar-refractivity contribution in [3.8, 4) is 0 Å². The van der Waals surface area contributed by atoms with Crippen LogP contribution in [0, 0.1) is 12.7 Å². The smallest absolute Gasteiger partial charge is 0.128 e. The highest BCUT2D eigenvalue weighted by molar-refractivity contribution is 5.31. The number of aryl methyl sites for hydroxylation is 2. The summed E-state index contributed by atoms with van der Waals surface area (Å²) in [4.78, 5) is 0. The second kappa shape index (κ2) is 4.67. The lowest BCUT2D eigenvalue weighted by atomic mass is 10.0. The summed E-state index contributed by atoms with van der Waals surface area (Å²) in [6.45, 7) is 4.56. The molecule has 17 heavy (non-hydrogen) atoms. The number of nitrogens with two attached hydrogens (primary N) is 1. The summed E-state index contributed by atoms with van der Waals surface area (Å²) in [5, 5.41) is 4.14. The average Bonchev–Trinajstić information content (AvgIpc) is 2.76. The first-order valence-electron chi connectivity index (χ1n) is 5.66. The van der Waals surface area contributed by atoms with Gasteiger partial charge in [-0.2, -0.15) is 5.10 Å². The van der Waals surface area contributed by atoms with Crippen molar-refractivity contribution < 1.29 is 4.39 Å². The fourth-order valence-electron chi connectivity index (χ4n) is 1.92. The van der Waals surface area contributed by atoms with E-state index in [-0.39, 0.29) is 5.82 Å². The lowest BCUT2D eigenvalue weighted by Crippen LogP contribution is -2.18. The van der Waals surface area contributed by atoms with E-state index >= 15 is 0 Å². The average molecular weight is 233 g/mol. The van der Waals surface area contributed by atoms with Crippen molar-refractivity contribution in [2.24, 2.45) is 5.73 Å². The number of rotatable bonds is 3. The number of benzene rings is 1. The maximum atomic E-state index is 13.8. The summed E-state index contributed by atoms with van der Waals surface area (Å²) in [6.07, 6.45) is 1.69. The molecule has 0 radical (unpaired) electrons. The molecule has 0 amide bonds. The highest BCUT2D eigenvalue weighted by Crippen LogP contribution is 2.22. The molecule has 1 unspecified atom stereocenters. The van der Waals surface area contributed by atoms with Gasteiger partial charge in [0.15, 0.2) is 0 Å². The van der Waals surface area contributed by atoms with Crippen LogP contribution in [-0.2, 0) is 6.54 Å². The van der Waals surface area contributed by atoms with Gasteiger partial charge in [-0.3, -0.25) is 4.68 Å². The third kappa shape index (κ3) is 2.22. The number of hydrogen-bond acceptors (Lipinski definition) is 2. The molecule has 0 saturated carbocycles. The maximum Gasteiger partial charge on any atom is 0.128 e. The molecule has 1 aromatic heterocycles. The van der Waals surface area contributed by atoms with Gasteiger partial charge in [-0.05, 0) is 31.5 Å². The van der Waals surface area contributed by atoms with Gasteiger partial charge in [0.05, 0.1) is 11.7 Å². The lowest BCUT2D eigenvalue weighted by molar-refractivity contribution is 0.567. The standard InChI is InChI=1S/C13H16FN3/c1-3-17-12(6-7-16-17)13(15)10-5-4-9(2)8-11(10)14/h4-8,13H,3,15H2,1-2H3. The van der Waals surface area contributed by atoms with E-state index in [2.05, 4.69) is 5.10 Å². The predicted molar refractivity (Wildman–Crippen MR) is 65.1 cm³/mol. The van der Waals surface area contributed by atoms with Crippen molar-refractivity contribution in [2.75, 3.05) is 0 Å². The van der Waals surface area contributed by atoms with Crippen LogP contribution < -0.4 is 5.73 Å². The van der Waals surface area contributed by atoms with Gasteiger partial charge in [-0.15, -0.1) is 0 Å². The zero-order valence-corrected chi connectivity index (χ0v) is 10.0. The van der Waals surface area contributed by atoms with Crippen LogP contribution in [-0.4, -0.2) is 9.78 Å². The molecule has 90 valence electrons. The second-order valence-electron chi connectivity index (χ2n) is 4.07. The Balaban J connectivity index is 2.40. The lowest BCUT2D eigenvalue weighted by Gasteiger charge is -2.14. The minimum absolute atomic E-state index is 0.263. The third-order valence-electron chi connectivity index (χ3n) is 2.86. The van der Waals surface area contributed by atoms with E-state index in [1.807, 2.05) is 26.0 Å². The Morgan fingerprint density at radius 2 is 2.18 bits per heavy atom. The maximum absolute atomic E-state index is 13.8. The van der Waals surface area contributed by atoms with Gasteiger partial charge in [-0.25, -0.2) is 4.39 Å². The van der Waals surface area contributed by atoms with Gasteiger partial charge in [0.25, 0.3) is 0 Å². The zero-order valence-electron chi connectivity index (χ0n) is 10.0. The first kappa shape index (κ1) is 11.8. The molecule has 2 rings (SSSR count). The van der Waals surface area contributed by atoms with Gasteiger partial charge in [0.1, 0.15) is 5.82 Å². The molecule has 0 aliphatic carbocycles. The minimum Gasteiger partial charge on any atom is -0.319 e. The molecule has 3 nitrogen and oxygen atoms in total. The Morgan fingerprint density at radius 1 is 1.41 bits per heavy atom. The van der Waals surface area contributed by atoms with E-state index in [0.29, 0.717) is 5.56 Å². The van der Waals surface area contributed by atoms with Crippen molar-refractivity contribution in [1.29, 1.82) is 0 Å². The highest BCUT2D eigenvalue weighted by atomic mass is 19.1. The van der Waals surface area contributed by atoms with Crippen molar-refractivity contribution in [3.63, 3.8) is 0 Å². The molecular weight excluding hydrogens is 217 g/mol. The first-order valence-corrected chi connectivity index (χ1v) is 5.66. The summed E-state index contributed by atoms with van der Waals surface area (Å²) >= 11 is 0. The molecule has 2 N–H and O–H groups in total. The molecule has 0 saturated heterocycles. The van der Waals surface area contributed by atoms with Gasteiger partial charge in [-0.1, -0.05) is 12.1 Å². The monoisotopic (exact) mass is 233 g/mol. The molecule has 0 spiro atoms. The van der Waals surface area contributed by atoms with Crippen LogP contribution in [0.3, 0.4) is 0 Å². The molecule has 1 aromatic carbocycles. The molecule has 0 aliphatic heterocycles. The van der Waals surface area contributed by atoms with Gasteiger partial charge in [0.2, 0.25) is 0 Å². The van der Waals surface area contributed by atoms with Crippen LogP contribution in [0.25, 0.3) is 0 Å². The SMILES string of the molecule is CCn1nccc1C(N)c1ccc(C)cc1F. The van der Waals surface area contributed by atoms with E-state index in [0.717, 1.165) is 17.8 Å². The topological polar surface area (TPSA) is 43.8 Å². The van der Waals surface area contributed by atoms with Crippen molar-refractivity contribution in [2.45, 2.75) is 26.4 Å². The number of aromatic nitrogens is 2. The molecule has 4 heteroatoms. The normalized spacial score (nSPS) is 12.7. The van der Waals surface area contributed by atoms with Gasteiger partial charge < -0.3 is 5.73 Å². The zero-order chi connectivity index (χ0) is 12.4. The Labute approximate surface area is 100 Å². The molecule has 1 atom stereocenters. The molecule has 2 aromatic rings. The van der Waals surface area contributed by atoms with Crippen molar-refractivity contribution in [3.05, 3.63) is 53.1 Å². The van der Waals surface area contributed by atoms with E-state index in [9.17, 15) is 4.39 Å². The van der Waals surface area contributed by atoms with Crippen LogP contribution in [0.1, 0.15) is 29.8 Å². The Hall–Kier alpha value is -1.68. The number of nitrogens with zero attached hydrogens (tertiary/aromatic N) is 2. The van der Waals surface area contributed by atoms with Crippen molar-refractivity contribution >= 4 is 0 Å². The summed E-state index contributed by atoms with van der Waals surface area (Å²) < 4.78 is 15.6. The summed E-state index contributed by atoms with van der Waals surface area (Å²) in [5.74, 6) is -0.263. The summed E-state index contributed by atoms with van der Waals surface area (Å²) in [5.41, 5.74) is 8.31. The summed E-state index contributed by atoms with van der Waals surface area (Å²) in [7, 11) is 0. The Morgan fingerprint density at radius 3 is 2.82 bits per heavy atom. The van der Waals surface area contributed by atoms with Crippen LogP contribution >= 0.6 is 0 Å². The highest BCUT2D eigenvalue weighted by Gasteiger charge is 2.16. The van der Waals surface area contributed by atoms with E-state index in [1.165, 1.54) is 6.07 Å². The van der Waals surface area contributed by atoms with Gasteiger partial charge in [0, 0.05) is 18.3 Å². The molecule has 0 fully saturated rings. The largest absolute Gasteiger partial charge is 0.319 e.